The average Bonchev–Trinajstić information content (AvgIpc) is 3.18. The third-order valence-electron chi connectivity index (χ3n) is 5.02. The van der Waals surface area contributed by atoms with E-state index in [0.29, 0.717) is 23.1 Å². The van der Waals surface area contributed by atoms with Crippen molar-refractivity contribution in [3.05, 3.63) is 51.7 Å². The van der Waals surface area contributed by atoms with Gasteiger partial charge >= 0.3 is 0 Å². The molecule has 0 spiro atoms. The first-order valence-corrected chi connectivity index (χ1v) is 11.2. The van der Waals surface area contributed by atoms with E-state index >= 15 is 0 Å². The standard InChI is InChI=1S/C19H22Cl2N2O4S/c1-13(15-7-6-14(20)12-16(15)21)22(2)19(24)17-8-9-18(27-17)28(25,26)23-10-4-3-5-11-23/h6-9,12-13H,3-5,10-11H2,1-2H3. The molecule has 1 aliphatic rings. The number of amides is 1. The Morgan fingerprint density at radius 1 is 1.14 bits per heavy atom. The van der Waals surface area contributed by atoms with Crippen molar-refractivity contribution >= 4 is 39.1 Å². The van der Waals surface area contributed by atoms with Crippen LogP contribution in [0, 0.1) is 0 Å². The van der Waals surface area contributed by atoms with E-state index in [1.165, 1.54) is 21.3 Å². The lowest BCUT2D eigenvalue weighted by molar-refractivity contribution is 0.0704. The van der Waals surface area contributed by atoms with Gasteiger partial charge in [-0.25, -0.2) is 8.42 Å². The molecule has 3 rings (SSSR count). The topological polar surface area (TPSA) is 70.8 Å². The van der Waals surface area contributed by atoms with Crippen LogP contribution in [0.25, 0.3) is 0 Å². The Bertz CT molecular complexity index is 968. The number of nitrogens with zero attached hydrogens (tertiary/aromatic N) is 2. The molecule has 1 amide bonds. The lowest BCUT2D eigenvalue weighted by Crippen LogP contribution is -2.35. The number of sulfonamides is 1. The molecule has 28 heavy (non-hydrogen) atoms. The number of carbonyl (C=O) groups is 1. The summed E-state index contributed by atoms with van der Waals surface area (Å²) in [4.78, 5) is 14.3. The number of benzene rings is 1. The molecule has 1 saturated heterocycles. The molecule has 1 aliphatic heterocycles. The van der Waals surface area contributed by atoms with Crippen LogP contribution in [0.1, 0.15) is 48.3 Å². The molecule has 2 heterocycles. The second kappa shape index (κ2) is 8.45. The number of hydrogen-bond acceptors (Lipinski definition) is 4. The van der Waals surface area contributed by atoms with Gasteiger partial charge in [0.1, 0.15) is 0 Å². The summed E-state index contributed by atoms with van der Waals surface area (Å²) in [5.41, 5.74) is 0.731. The van der Waals surface area contributed by atoms with Crippen LogP contribution in [0.3, 0.4) is 0 Å². The fourth-order valence-electron chi connectivity index (χ4n) is 3.20. The molecule has 6 nitrogen and oxygen atoms in total. The van der Waals surface area contributed by atoms with E-state index in [0.717, 1.165) is 24.8 Å². The minimum Gasteiger partial charge on any atom is -0.438 e. The summed E-state index contributed by atoms with van der Waals surface area (Å²) in [6, 6.07) is 7.45. The molecule has 1 aromatic carbocycles. The van der Waals surface area contributed by atoms with Gasteiger partial charge in [0.25, 0.3) is 15.9 Å². The Balaban J connectivity index is 1.79. The van der Waals surface area contributed by atoms with Crippen LogP contribution in [-0.4, -0.2) is 43.7 Å². The summed E-state index contributed by atoms with van der Waals surface area (Å²) in [7, 11) is -2.11. The van der Waals surface area contributed by atoms with E-state index in [9.17, 15) is 13.2 Å². The monoisotopic (exact) mass is 444 g/mol. The first-order chi connectivity index (χ1) is 13.2. The zero-order chi connectivity index (χ0) is 20.5. The maximum Gasteiger partial charge on any atom is 0.289 e. The molecule has 0 saturated carbocycles. The van der Waals surface area contributed by atoms with Crippen molar-refractivity contribution in [3.63, 3.8) is 0 Å². The Kier molecular flexibility index (Phi) is 6.39. The number of hydrogen-bond donors (Lipinski definition) is 0. The van der Waals surface area contributed by atoms with Crippen LogP contribution in [0.4, 0.5) is 0 Å². The molecule has 0 radical (unpaired) electrons. The predicted molar refractivity (Wildman–Crippen MR) is 108 cm³/mol. The highest BCUT2D eigenvalue weighted by molar-refractivity contribution is 7.89. The summed E-state index contributed by atoms with van der Waals surface area (Å²) in [6.45, 7) is 2.76. The summed E-state index contributed by atoms with van der Waals surface area (Å²) in [5.74, 6) is -0.464. The van der Waals surface area contributed by atoms with E-state index < -0.39 is 15.9 Å². The number of halogens is 2. The normalized spacial score (nSPS) is 16.7. The van der Waals surface area contributed by atoms with Crippen LogP contribution < -0.4 is 0 Å². The highest BCUT2D eigenvalue weighted by atomic mass is 35.5. The number of rotatable bonds is 5. The minimum absolute atomic E-state index is 0.0324. The van der Waals surface area contributed by atoms with Crippen molar-refractivity contribution < 1.29 is 17.6 Å². The largest absolute Gasteiger partial charge is 0.438 e. The molecule has 9 heteroatoms. The maximum atomic E-state index is 12.8. The number of furan rings is 1. The molecule has 2 aromatic rings. The van der Waals surface area contributed by atoms with Crippen molar-refractivity contribution in [1.29, 1.82) is 0 Å². The highest BCUT2D eigenvalue weighted by Crippen LogP contribution is 2.30. The van der Waals surface area contributed by atoms with Gasteiger partial charge in [-0.3, -0.25) is 4.79 Å². The molecule has 1 unspecified atom stereocenters. The van der Waals surface area contributed by atoms with Gasteiger partial charge in [0.05, 0.1) is 6.04 Å². The van der Waals surface area contributed by atoms with Crippen LogP contribution in [-0.2, 0) is 10.0 Å². The fourth-order valence-corrected chi connectivity index (χ4v) is 5.20. The minimum atomic E-state index is -3.72. The number of carbonyl (C=O) groups excluding carboxylic acids is 1. The first-order valence-electron chi connectivity index (χ1n) is 9.04. The number of piperidine rings is 1. The first kappa shape index (κ1) is 21.2. The van der Waals surface area contributed by atoms with Crippen LogP contribution in [0.15, 0.2) is 39.8 Å². The van der Waals surface area contributed by atoms with Crippen molar-refractivity contribution in [1.82, 2.24) is 9.21 Å². The molecular weight excluding hydrogens is 423 g/mol. The lowest BCUT2D eigenvalue weighted by Gasteiger charge is -2.25. The van der Waals surface area contributed by atoms with E-state index in [2.05, 4.69) is 0 Å². The third kappa shape index (κ3) is 4.22. The van der Waals surface area contributed by atoms with Gasteiger partial charge in [-0.1, -0.05) is 35.7 Å². The van der Waals surface area contributed by atoms with E-state index in [-0.39, 0.29) is 16.9 Å². The molecule has 0 N–H and O–H groups in total. The Hall–Kier alpha value is -1.54. The molecule has 1 atom stereocenters. The predicted octanol–water partition coefficient (Wildman–Crippen LogP) is 4.59. The van der Waals surface area contributed by atoms with Gasteiger partial charge in [0.15, 0.2) is 5.76 Å². The quantitative estimate of drug-likeness (QED) is 0.675. The molecule has 1 fully saturated rings. The Morgan fingerprint density at radius 3 is 2.46 bits per heavy atom. The van der Waals surface area contributed by atoms with Crippen molar-refractivity contribution in [2.24, 2.45) is 0 Å². The zero-order valence-electron chi connectivity index (χ0n) is 15.7. The van der Waals surface area contributed by atoms with Gasteiger partial charge < -0.3 is 9.32 Å². The Morgan fingerprint density at radius 2 is 1.82 bits per heavy atom. The average molecular weight is 445 g/mol. The molecule has 0 aliphatic carbocycles. The van der Waals surface area contributed by atoms with Crippen molar-refractivity contribution in [2.75, 3.05) is 20.1 Å². The van der Waals surface area contributed by atoms with Gasteiger partial charge in [-0.15, -0.1) is 0 Å². The SMILES string of the molecule is CC(c1ccc(Cl)cc1Cl)N(C)C(=O)c1ccc(S(=O)(=O)N2CCCCC2)o1. The second-order valence-corrected chi connectivity index (χ2v) is 9.55. The summed E-state index contributed by atoms with van der Waals surface area (Å²) in [6.07, 6.45) is 2.67. The van der Waals surface area contributed by atoms with E-state index in [4.69, 9.17) is 27.6 Å². The Labute approximate surface area is 175 Å². The second-order valence-electron chi connectivity index (χ2n) is 6.84. The molecule has 152 valence electrons. The summed E-state index contributed by atoms with van der Waals surface area (Å²) < 4.78 is 32.3. The third-order valence-corrected chi connectivity index (χ3v) is 7.35. The fraction of sp³-hybridized carbons (Fsp3) is 0.421. The maximum absolute atomic E-state index is 12.8. The molecular formula is C19H22Cl2N2O4S. The zero-order valence-corrected chi connectivity index (χ0v) is 18.0. The highest BCUT2D eigenvalue weighted by Gasteiger charge is 2.31. The summed E-state index contributed by atoms with van der Waals surface area (Å²) in [5, 5.41) is 0.754. The van der Waals surface area contributed by atoms with Gasteiger partial charge in [0, 0.05) is 30.2 Å². The van der Waals surface area contributed by atoms with Gasteiger partial charge in [-0.05, 0) is 49.6 Å². The van der Waals surface area contributed by atoms with Gasteiger partial charge in [-0.2, -0.15) is 4.31 Å². The lowest BCUT2D eigenvalue weighted by atomic mass is 10.1. The van der Waals surface area contributed by atoms with Crippen molar-refractivity contribution in [2.45, 2.75) is 37.3 Å². The molecule has 1 aromatic heterocycles. The van der Waals surface area contributed by atoms with E-state index in [1.54, 1.807) is 25.2 Å². The van der Waals surface area contributed by atoms with Crippen LogP contribution >= 0.6 is 23.2 Å². The van der Waals surface area contributed by atoms with E-state index in [1.807, 2.05) is 6.92 Å². The van der Waals surface area contributed by atoms with Gasteiger partial charge in [0.2, 0.25) is 5.09 Å². The van der Waals surface area contributed by atoms with Crippen LogP contribution in [0.2, 0.25) is 10.0 Å². The smallest absolute Gasteiger partial charge is 0.289 e. The van der Waals surface area contributed by atoms with Crippen LogP contribution in [0.5, 0.6) is 0 Å². The van der Waals surface area contributed by atoms with Crippen molar-refractivity contribution in [3.8, 4) is 0 Å². The summed E-state index contributed by atoms with van der Waals surface area (Å²) >= 11 is 12.2. The molecule has 0 bridgehead atoms.